The molecule has 5 nitrogen and oxygen atoms in total. The fraction of sp³-hybridized carbons (Fsp3) is 0.0952. The van der Waals surface area contributed by atoms with E-state index >= 15 is 0 Å². The zero-order chi connectivity index (χ0) is 20.1. The molecule has 0 saturated heterocycles. The van der Waals surface area contributed by atoms with Gasteiger partial charge in [0, 0.05) is 4.47 Å². The van der Waals surface area contributed by atoms with Gasteiger partial charge < -0.3 is 5.32 Å². The van der Waals surface area contributed by atoms with Crippen LogP contribution in [0.1, 0.15) is 28.9 Å². The second kappa shape index (κ2) is 8.58. The van der Waals surface area contributed by atoms with Crippen molar-refractivity contribution >= 4 is 37.5 Å². The minimum Gasteiger partial charge on any atom is -0.345 e. The van der Waals surface area contributed by atoms with Gasteiger partial charge in [-0.3, -0.25) is 9.52 Å². The van der Waals surface area contributed by atoms with Crippen molar-refractivity contribution in [3.8, 4) is 0 Å². The van der Waals surface area contributed by atoms with Crippen molar-refractivity contribution in [3.05, 3.63) is 94.5 Å². The average Bonchev–Trinajstić information content (AvgIpc) is 2.69. The Morgan fingerprint density at radius 3 is 2.18 bits per heavy atom. The van der Waals surface area contributed by atoms with E-state index in [9.17, 15) is 13.2 Å². The summed E-state index contributed by atoms with van der Waals surface area (Å²) in [5.41, 5.74) is 1.44. The highest BCUT2D eigenvalue weighted by Crippen LogP contribution is 2.22. The molecule has 144 valence electrons. The predicted octanol–water partition coefficient (Wildman–Crippen LogP) is 4.74. The summed E-state index contributed by atoms with van der Waals surface area (Å²) in [6.45, 7) is 1.88. The Hall–Kier alpha value is -2.64. The van der Waals surface area contributed by atoms with Crippen LogP contribution in [0.4, 0.5) is 5.69 Å². The van der Waals surface area contributed by atoms with E-state index < -0.39 is 10.0 Å². The average molecular weight is 459 g/mol. The van der Waals surface area contributed by atoms with Gasteiger partial charge in [-0.1, -0.05) is 58.4 Å². The molecule has 28 heavy (non-hydrogen) atoms. The van der Waals surface area contributed by atoms with E-state index in [0.29, 0.717) is 0 Å². The predicted molar refractivity (Wildman–Crippen MR) is 114 cm³/mol. The maximum atomic E-state index is 12.8. The molecule has 1 amide bonds. The highest BCUT2D eigenvalue weighted by molar-refractivity contribution is 9.10. The molecule has 0 unspecified atom stereocenters. The van der Waals surface area contributed by atoms with Crippen LogP contribution < -0.4 is 10.0 Å². The Morgan fingerprint density at radius 2 is 1.50 bits per heavy atom. The summed E-state index contributed by atoms with van der Waals surface area (Å²) < 4.78 is 28.6. The number of carbonyl (C=O) groups is 1. The van der Waals surface area contributed by atoms with Gasteiger partial charge in [-0.15, -0.1) is 0 Å². The molecule has 0 aliphatic carbocycles. The molecule has 0 aliphatic rings. The standard InChI is InChI=1S/C21H19BrN2O3S/c1-15(16-7-3-2-4-8-16)23-21(25)19-9-5-6-10-20(19)24-28(26,27)18-13-11-17(22)12-14-18/h2-15,24H,1H3,(H,23,25)/t15-/m0/s1. The van der Waals surface area contributed by atoms with Gasteiger partial charge in [-0.05, 0) is 48.9 Å². The number of rotatable bonds is 6. The maximum Gasteiger partial charge on any atom is 0.261 e. The molecule has 0 saturated carbocycles. The Kier molecular flexibility index (Phi) is 6.16. The number of sulfonamides is 1. The van der Waals surface area contributed by atoms with E-state index in [4.69, 9.17) is 0 Å². The topological polar surface area (TPSA) is 75.3 Å². The van der Waals surface area contributed by atoms with E-state index in [1.54, 1.807) is 36.4 Å². The monoisotopic (exact) mass is 458 g/mol. The number of carbonyl (C=O) groups excluding carboxylic acids is 1. The van der Waals surface area contributed by atoms with Gasteiger partial charge >= 0.3 is 0 Å². The SMILES string of the molecule is C[C@H](NC(=O)c1ccccc1NS(=O)(=O)c1ccc(Br)cc1)c1ccccc1. The summed E-state index contributed by atoms with van der Waals surface area (Å²) in [6, 6.07) is 22.1. The number of hydrogen-bond acceptors (Lipinski definition) is 3. The fourth-order valence-corrected chi connectivity index (χ4v) is 4.03. The zero-order valence-electron chi connectivity index (χ0n) is 15.1. The molecule has 0 aliphatic heterocycles. The number of anilines is 1. The van der Waals surface area contributed by atoms with E-state index in [2.05, 4.69) is 26.0 Å². The first kappa shape index (κ1) is 20.1. The molecule has 3 aromatic carbocycles. The van der Waals surface area contributed by atoms with Crippen LogP contribution >= 0.6 is 15.9 Å². The molecule has 0 radical (unpaired) electrons. The molecule has 0 bridgehead atoms. The summed E-state index contributed by atoms with van der Waals surface area (Å²) >= 11 is 3.28. The van der Waals surface area contributed by atoms with Gasteiger partial charge in [0.05, 0.1) is 22.2 Å². The van der Waals surface area contributed by atoms with Gasteiger partial charge in [0.1, 0.15) is 0 Å². The van der Waals surface area contributed by atoms with Crippen molar-refractivity contribution in [2.75, 3.05) is 4.72 Å². The van der Waals surface area contributed by atoms with Crippen molar-refractivity contribution in [2.24, 2.45) is 0 Å². The molecule has 1 atom stereocenters. The number of nitrogens with one attached hydrogen (secondary N) is 2. The van der Waals surface area contributed by atoms with Crippen molar-refractivity contribution in [1.29, 1.82) is 0 Å². The number of hydrogen-bond donors (Lipinski definition) is 2. The summed E-state index contributed by atoms with van der Waals surface area (Å²) in [7, 11) is -3.82. The Morgan fingerprint density at radius 1 is 0.893 bits per heavy atom. The van der Waals surface area contributed by atoms with Crippen molar-refractivity contribution in [3.63, 3.8) is 0 Å². The van der Waals surface area contributed by atoms with Gasteiger partial charge in [0.2, 0.25) is 0 Å². The number of amides is 1. The van der Waals surface area contributed by atoms with Crippen LogP contribution in [-0.2, 0) is 10.0 Å². The number of benzene rings is 3. The summed E-state index contributed by atoms with van der Waals surface area (Å²) in [6.07, 6.45) is 0. The molecule has 0 aromatic heterocycles. The van der Waals surface area contributed by atoms with Gasteiger partial charge in [-0.2, -0.15) is 0 Å². The molecule has 7 heteroatoms. The molecular formula is C21H19BrN2O3S. The third-order valence-electron chi connectivity index (χ3n) is 4.19. The lowest BCUT2D eigenvalue weighted by Crippen LogP contribution is -2.28. The Labute approximate surface area is 173 Å². The van der Waals surface area contributed by atoms with Crippen LogP contribution in [0.15, 0.2) is 88.2 Å². The van der Waals surface area contributed by atoms with Crippen LogP contribution in [-0.4, -0.2) is 14.3 Å². The third kappa shape index (κ3) is 4.79. The van der Waals surface area contributed by atoms with E-state index in [1.807, 2.05) is 37.3 Å². The van der Waals surface area contributed by atoms with Gasteiger partial charge in [0.15, 0.2) is 0 Å². The number of para-hydroxylation sites is 1. The normalized spacial score (nSPS) is 12.2. The van der Waals surface area contributed by atoms with Gasteiger partial charge in [-0.25, -0.2) is 8.42 Å². The molecule has 3 rings (SSSR count). The summed E-state index contributed by atoms with van der Waals surface area (Å²) in [5.74, 6) is -0.356. The smallest absolute Gasteiger partial charge is 0.261 e. The Bertz CT molecular complexity index is 1070. The molecule has 0 fully saturated rings. The van der Waals surface area contributed by atoms with Crippen LogP contribution in [0, 0.1) is 0 Å². The second-order valence-electron chi connectivity index (χ2n) is 6.21. The lowest BCUT2D eigenvalue weighted by molar-refractivity contribution is 0.0941. The van der Waals surface area contributed by atoms with Crippen LogP contribution in [0.3, 0.4) is 0 Å². The van der Waals surface area contributed by atoms with E-state index in [-0.39, 0.29) is 28.1 Å². The molecular weight excluding hydrogens is 440 g/mol. The van der Waals surface area contributed by atoms with Crippen molar-refractivity contribution in [2.45, 2.75) is 17.9 Å². The molecule has 2 N–H and O–H groups in total. The van der Waals surface area contributed by atoms with Crippen molar-refractivity contribution < 1.29 is 13.2 Å². The van der Waals surface area contributed by atoms with E-state index in [0.717, 1.165) is 10.0 Å². The van der Waals surface area contributed by atoms with Crippen LogP contribution in [0.5, 0.6) is 0 Å². The molecule has 0 spiro atoms. The minimum atomic E-state index is -3.82. The second-order valence-corrected chi connectivity index (χ2v) is 8.81. The van der Waals surface area contributed by atoms with Gasteiger partial charge in [0.25, 0.3) is 15.9 Å². The highest BCUT2D eigenvalue weighted by Gasteiger charge is 2.19. The largest absolute Gasteiger partial charge is 0.345 e. The third-order valence-corrected chi connectivity index (χ3v) is 6.10. The summed E-state index contributed by atoms with van der Waals surface area (Å²) in [4.78, 5) is 12.9. The maximum absolute atomic E-state index is 12.8. The van der Waals surface area contributed by atoms with Crippen LogP contribution in [0.25, 0.3) is 0 Å². The number of halogens is 1. The van der Waals surface area contributed by atoms with E-state index in [1.165, 1.54) is 12.1 Å². The van der Waals surface area contributed by atoms with Crippen LogP contribution in [0.2, 0.25) is 0 Å². The first-order valence-corrected chi connectivity index (χ1v) is 10.9. The Balaban J connectivity index is 1.83. The zero-order valence-corrected chi connectivity index (χ0v) is 17.5. The minimum absolute atomic E-state index is 0.114. The quantitative estimate of drug-likeness (QED) is 0.559. The molecule has 3 aromatic rings. The first-order chi connectivity index (χ1) is 13.4. The fourth-order valence-electron chi connectivity index (χ4n) is 2.69. The lowest BCUT2D eigenvalue weighted by Gasteiger charge is -2.17. The highest BCUT2D eigenvalue weighted by atomic mass is 79.9. The first-order valence-electron chi connectivity index (χ1n) is 8.60. The molecule has 0 heterocycles. The lowest BCUT2D eigenvalue weighted by atomic mass is 10.1. The summed E-state index contributed by atoms with van der Waals surface area (Å²) in [5, 5.41) is 2.91. The van der Waals surface area contributed by atoms with Crippen molar-refractivity contribution in [1.82, 2.24) is 5.32 Å².